The third-order valence-corrected chi connectivity index (χ3v) is 3.20. The van der Waals surface area contributed by atoms with Crippen LogP contribution in [0.4, 0.5) is 11.7 Å². The van der Waals surface area contributed by atoms with Crippen LogP contribution in [-0.4, -0.2) is 69.0 Å². The number of amides is 1. The molecule has 1 aromatic carbocycles. The predicted molar refractivity (Wildman–Crippen MR) is 85.6 cm³/mol. The van der Waals surface area contributed by atoms with Crippen LogP contribution in [0, 0.1) is 10.1 Å². The Bertz CT molecular complexity index is 711. The van der Waals surface area contributed by atoms with E-state index in [9.17, 15) is 14.9 Å². The first-order chi connectivity index (χ1) is 12.0. The Balaban J connectivity index is 1.98. The van der Waals surface area contributed by atoms with E-state index in [1.54, 1.807) is 4.90 Å². The molecule has 11 nitrogen and oxygen atoms in total. The molecule has 25 heavy (non-hydrogen) atoms. The van der Waals surface area contributed by atoms with Crippen molar-refractivity contribution in [1.82, 2.24) is 15.1 Å². The maximum absolute atomic E-state index is 11.9. The second kappa shape index (κ2) is 8.82. The number of hydrogen-bond acceptors (Lipinski definition) is 9. The molecule has 0 spiro atoms. The van der Waals surface area contributed by atoms with Crippen molar-refractivity contribution in [3.05, 3.63) is 34.4 Å². The minimum absolute atomic E-state index is 0.0592. The molecule has 0 aliphatic heterocycles. The number of nitro benzene ring substituents is 1. The maximum atomic E-state index is 11.9. The Kier molecular flexibility index (Phi) is 6.51. The molecule has 1 amide bonds. The van der Waals surface area contributed by atoms with Gasteiger partial charge in [-0.1, -0.05) is 5.10 Å². The Morgan fingerprint density at radius 1 is 1.20 bits per heavy atom. The van der Waals surface area contributed by atoms with Gasteiger partial charge in [-0.15, -0.1) is 5.10 Å². The predicted octanol–water partition coefficient (Wildman–Crippen LogP) is -0.130. The summed E-state index contributed by atoms with van der Waals surface area (Å²) in [5, 5.41) is 38.3. The molecule has 0 bridgehead atoms. The lowest BCUT2D eigenvalue weighted by molar-refractivity contribution is -0.384. The number of carbonyl (C=O) groups excluding carboxylic acids is 1. The van der Waals surface area contributed by atoms with Crippen molar-refractivity contribution in [2.45, 2.75) is 0 Å². The lowest BCUT2D eigenvalue weighted by atomic mass is 10.2. The van der Waals surface area contributed by atoms with E-state index in [1.165, 1.54) is 24.3 Å². The zero-order valence-electron chi connectivity index (χ0n) is 13.2. The summed E-state index contributed by atoms with van der Waals surface area (Å²) in [5.41, 5.74) is 0.408. The van der Waals surface area contributed by atoms with Gasteiger partial charge in [0.15, 0.2) is 0 Å². The fourth-order valence-electron chi connectivity index (χ4n) is 2.03. The molecule has 1 aromatic heterocycles. The van der Waals surface area contributed by atoms with E-state index in [0.29, 0.717) is 5.56 Å². The van der Waals surface area contributed by atoms with Gasteiger partial charge in [0.25, 0.3) is 5.69 Å². The summed E-state index contributed by atoms with van der Waals surface area (Å²) in [6, 6.07) is 5.41. The van der Waals surface area contributed by atoms with Crippen LogP contribution in [0.1, 0.15) is 0 Å². The molecule has 3 N–H and O–H groups in total. The molecular formula is C14H17N5O6. The molecule has 2 rings (SSSR count). The maximum Gasteiger partial charge on any atom is 0.322 e. The molecule has 0 saturated carbocycles. The van der Waals surface area contributed by atoms with Gasteiger partial charge < -0.3 is 14.6 Å². The van der Waals surface area contributed by atoms with Gasteiger partial charge in [-0.25, -0.2) is 0 Å². The monoisotopic (exact) mass is 351 g/mol. The Morgan fingerprint density at radius 3 is 2.40 bits per heavy atom. The molecule has 0 radical (unpaired) electrons. The summed E-state index contributed by atoms with van der Waals surface area (Å²) in [7, 11) is 0. The van der Waals surface area contributed by atoms with E-state index in [2.05, 4.69) is 15.5 Å². The highest BCUT2D eigenvalue weighted by Gasteiger charge is 2.15. The zero-order valence-corrected chi connectivity index (χ0v) is 13.2. The quantitative estimate of drug-likeness (QED) is 0.414. The van der Waals surface area contributed by atoms with Crippen LogP contribution in [0.3, 0.4) is 0 Å². The number of rotatable bonds is 9. The molecule has 0 unspecified atom stereocenters. The lowest BCUT2D eigenvalue weighted by Crippen LogP contribution is -2.37. The number of carbonyl (C=O) groups is 1. The van der Waals surface area contributed by atoms with Crippen molar-refractivity contribution in [3.8, 4) is 11.5 Å². The van der Waals surface area contributed by atoms with Crippen LogP contribution >= 0.6 is 0 Å². The summed E-state index contributed by atoms with van der Waals surface area (Å²) in [6.45, 7) is 0.143. The summed E-state index contributed by atoms with van der Waals surface area (Å²) >= 11 is 0. The van der Waals surface area contributed by atoms with E-state index in [0.717, 1.165) is 0 Å². The molecule has 11 heteroatoms. The van der Waals surface area contributed by atoms with Crippen molar-refractivity contribution in [2.75, 3.05) is 38.2 Å². The van der Waals surface area contributed by atoms with E-state index in [4.69, 9.17) is 14.6 Å². The number of aliphatic hydroxyl groups is 2. The topological polar surface area (TPSA) is 155 Å². The lowest BCUT2D eigenvalue weighted by Gasteiger charge is -2.18. The largest absolute Gasteiger partial charge is 0.403 e. The van der Waals surface area contributed by atoms with Crippen molar-refractivity contribution < 1.29 is 24.3 Å². The molecule has 0 saturated heterocycles. The van der Waals surface area contributed by atoms with E-state index in [1.807, 2.05) is 0 Å². The Labute approximate surface area is 142 Å². The van der Waals surface area contributed by atoms with Crippen LogP contribution in [0.25, 0.3) is 11.5 Å². The van der Waals surface area contributed by atoms with E-state index in [-0.39, 0.29) is 50.4 Å². The van der Waals surface area contributed by atoms with Crippen molar-refractivity contribution in [1.29, 1.82) is 0 Å². The van der Waals surface area contributed by atoms with Crippen molar-refractivity contribution in [2.24, 2.45) is 0 Å². The van der Waals surface area contributed by atoms with Gasteiger partial charge in [-0.3, -0.25) is 25.1 Å². The summed E-state index contributed by atoms with van der Waals surface area (Å²) in [5.74, 6) is -0.339. The summed E-state index contributed by atoms with van der Waals surface area (Å²) < 4.78 is 5.30. The smallest absolute Gasteiger partial charge is 0.322 e. The van der Waals surface area contributed by atoms with Gasteiger partial charge in [-0.2, -0.15) is 0 Å². The number of hydrogen-bond donors (Lipinski definition) is 3. The molecule has 0 aliphatic rings. The van der Waals surface area contributed by atoms with Crippen molar-refractivity contribution in [3.63, 3.8) is 0 Å². The van der Waals surface area contributed by atoms with Crippen LogP contribution < -0.4 is 5.32 Å². The molecule has 134 valence electrons. The van der Waals surface area contributed by atoms with Gasteiger partial charge in [0.2, 0.25) is 11.8 Å². The Hall–Kier alpha value is -2.89. The zero-order chi connectivity index (χ0) is 18.2. The minimum atomic E-state index is -0.520. The van der Waals surface area contributed by atoms with Crippen molar-refractivity contribution >= 4 is 17.6 Å². The third-order valence-electron chi connectivity index (χ3n) is 3.20. The fraction of sp³-hybridized carbons (Fsp3) is 0.357. The van der Waals surface area contributed by atoms with Crippen LogP contribution in [-0.2, 0) is 4.79 Å². The molecular weight excluding hydrogens is 334 g/mol. The van der Waals surface area contributed by atoms with E-state index < -0.39 is 10.8 Å². The van der Waals surface area contributed by atoms with Gasteiger partial charge in [0.1, 0.15) is 0 Å². The van der Waals surface area contributed by atoms with Crippen LogP contribution in [0.2, 0.25) is 0 Å². The first-order valence-electron chi connectivity index (χ1n) is 7.35. The standard InChI is InChI=1S/C14H17N5O6/c20-7-5-18(6-8-21)9-12(22)15-14-17-16-13(25-14)10-1-3-11(4-2-10)19(23)24/h1-4,20-21H,5-9H2,(H,15,17,22). The number of aromatic nitrogens is 2. The number of benzene rings is 1. The number of nitrogens with zero attached hydrogens (tertiary/aromatic N) is 4. The minimum Gasteiger partial charge on any atom is -0.403 e. The van der Waals surface area contributed by atoms with E-state index >= 15 is 0 Å². The Morgan fingerprint density at radius 2 is 1.84 bits per heavy atom. The highest BCUT2D eigenvalue weighted by Crippen LogP contribution is 2.22. The van der Waals surface area contributed by atoms with Gasteiger partial charge >= 0.3 is 6.01 Å². The third kappa shape index (κ3) is 5.31. The fourth-order valence-corrected chi connectivity index (χ4v) is 2.03. The van der Waals surface area contributed by atoms with Gasteiger partial charge in [-0.05, 0) is 12.1 Å². The SMILES string of the molecule is O=C(CN(CCO)CCO)Nc1nnc(-c2ccc([N+](=O)[O-])cc2)o1. The molecule has 0 aliphatic carbocycles. The number of nitrogens with one attached hydrogen (secondary N) is 1. The first kappa shape index (κ1) is 18.4. The number of nitro groups is 1. The van der Waals surface area contributed by atoms with Crippen LogP contribution in [0.5, 0.6) is 0 Å². The second-order valence-corrected chi connectivity index (χ2v) is 4.99. The normalized spacial score (nSPS) is 10.8. The summed E-state index contributed by atoms with van der Waals surface area (Å²) in [4.78, 5) is 23.6. The highest BCUT2D eigenvalue weighted by atomic mass is 16.6. The second-order valence-electron chi connectivity index (χ2n) is 4.99. The first-order valence-corrected chi connectivity index (χ1v) is 7.35. The van der Waals surface area contributed by atoms with Crippen LogP contribution in [0.15, 0.2) is 28.7 Å². The molecule has 0 fully saturated rings. The molecule has 0 atom stereocenters. The average molecular weight is 351 g/mol. The van der Waals surface area contributed by atoms with Gasteiger partial charge in [0.05, 0.1) is 24.7 Å². The number of aliphatic hydroxyl groups excluding tert-OH is 2. The summed E-state index contributed by atoms with van der Waals surface area (Å²) in [6.07, 6.45) is 0. The number of anilines is 1. The average Bonchev–Trinajstić information content (AvgIpc) is 3.03. The van der Waals surface area contributed by atoms with Gasteiger partial charge in [0, 0.05) is 30.8 Å². The highest BCUT2D eigenvalue weighted by molar-refractivity contribution is 5.90. The molecule has 1 heterocycles. The molecule has 2 aromatic rings. The number of non-ortho nitro benzene ring substituents is 1.